The highest BCUT2D eigenvalue weighted by atomic mass is 35.5. The van der Waals surface area contributed by atoms with Gasteiger partial charge in [-0.15, -0.1) is 10.2 Å². The third-order valence-corrected chi connectivity index (χ3v) is 6.03. The van der Waals surface area contributed by atoms with Gasteiger partial charge < -0.3 is 10.0 Å². The molecule has 134 valence electrons. The average molecular weight is 387 g/mol. The van der Waals surface area contributed by atoms with Crippen LogP contribution < -0.4 is 4.90 Å². The van der Waals surface area contributed by atoms with Gasteiger partial charge in [0.25, 0.3) is 0 Å². The Morgan fingerprint density at radius 1 is 1.08 bits per heavy atom. The monoisotopic (exact) mass is 386 g/mol. The fourth-order valence-electron chi connectivity index (χ4n) is 3.27. The summed E-state index contributed by atoms with van der Waals surface area (Å²) in [5, 5.41) is 21.7. The van der Waals surface area contributed by atoms with E-state index in [0.717, 1.165) is 47.3 Å². The largest absolute Gasteiger partial charge is 0.388 e. The molecule has 1 fully saturated rings. The van der Waals surface area contributed by atoms with Crippen LogP contribution in [0.2, 0.25) is 5.02 Å². The zero-order chi connectivity index (χ0) is 17.9. The fraction of sp³-hybridized carbons (Fsp3) is 0.316. The molecule has 1 aromatic carbocycles. The van der Waals surface area contributed by atoms with E-state index in [0.29, 0.717) is 5.02 Å². The van der Waals surface area contributed by atoms with Gasteiger partial charge in [-0.2, -0.15) is 0 Å². The standard InChI is InChI=1S/C19H19ClN4OS/c20-15-6-4-13(5-7-15)17(25)14-8-11-24(12-9-14)19-23-22-18(26-19)16-3-1-2-10-21-16/h1-7,10,14,17,25H,8-9,11-12H2. The number of hydrogen-bond donors (Lipinski definition) is 1. The van der Waals surface area contributed by atoms with Gasteiger partial charge in [0, 0.05) is 24.3 Å². The van der Waals surface area contributed by atoms with Gasteiger partial charge in [-0.05, 0) is 48.6 Å². The lowest BCUT2D eigenvalue weighted by molar-refractivity contribution is 0.0929. The van der Waals surface area contributed by atoms with Crippen molar-refractivity contribution in [1.82, 2.24) is 15.2 Å². The normalized spacial score (nSPS) is 16.6. The Bertz CT molecular complexity index is 847. The maximum atomic E-state index is 10.7. The number of aliphatic hydroxyl groups is 1. The number of rotatable bonds is 4. The van der Waals surface area contributed by atoms with Crippen molar-refractivity contribution in [2.45, 2.75) is 18.9 Å². The molecule has 1 unspecified atom stereocenters. The van der Waals surface area contributed by atoms with E-state index in [-0.39, 0.29) is 5.92 Å². The van der Waals surface area contributed by atoms with Gasteiger partial charge in [0.15, 0.2) is 5.01 Å². The first-order valence-electron chi connectivity index (χ1n) is 8.64. The number of pyridine rings is 1. The lowest BCUT2D eigenvalue weighted by atomic mass is 9.87. The molecule has 0 bridgehead atoms. The molecule has 3 aromatic rings. The van der Waals surface area contributed by atoms with Crippen LogP contribution in [0, 0.1) is 5.92 Å². The summed E-state index contributed by atoms with van der Waals surface area (Å²) >= 11 is 7.50. The number of hydrogen-bond acceptors (Lipinski definition) is 6. The summed E-state index contributed by atoms with van der Waals surface area (Å²) in [5.41, 5.74) is 1.78. The Morgan fingerprint density at radius 3 is 2.54 bits per heavy atom. The number of aromatic nitrogens is 3. The lowest BCUT2D eigenvalue weighted by Crippen LogP contribution is -2.35. The van der Waals surface area contributed by atoms with E-state index in [1.54, 1.807) is 17.5 Å². The van der Waals surface area contributed by atoms with Gasteiger partial charge in [-0.3, -0.25) is 4.98 Å². The van der Waals surface area contributed by atoms with Crippen molar-refractivity contribution in [1.29, 1.82) is 0 Å². The molecule has 0 saturated carbocycles. The molecule has 7 heteroatoms. The molecule has 5 nitrogen and oxygen atoms in total. The van der Waals surface area contributed by atoms with Crippen LogP contribution in [-0.4, -0.2) is 33.4 Å². The van der Waals surface area contributed by atoms with Gasteiger partial charge >= 0.3 is 0 Å². The van der Waals surface area contributed by atoms with Crippen LogP contribution >= 0.6 is 22.9 Å². The van der Waals surface area contributed by atoms with E-state index < -0.39 is 6.10 Å². The van der Waals surface area contributed by atoms with Crippen molar-refractivity contribution in [3.63, 3.8) is 0 Å². The van der Waals surface area contributed by atoms with E-state index in [1.807, 2.05) is 42.5 Å². The van der Waals surface area contributed by atoms with E-state index in [1.165, 1.54) is 0 Å². The number of nitrogens with zero attached hydrogens (tertiary/aromatic N) is 4. The maximum Gasteiger partial charge on any atom is 0.208 e. The second-order valence-corrected chi connectivity index (χ2v) is 7.82. The number of piperidine rings is 1. The van der Waals surface area contributed by atoms with Crippen molar-refractivity contribution in [3.05, 3.63) is 59.2 Å². The fourth-order valence-corrected chi connectivity index (χ4v) is 4.27. The minimum atomic E-state index is -0.451. The van der Waals surface area contributed by atoms with Crippen LogP contribution in [0.4, 0.5) is 5.13 Å². The summed E-state index contributed by atoms with van der Waals surface area (Å²) in [4.78, 5) is 6.57. The van der Waals surface area contributed by atoms with Crippen LogP contribution in [0.3, 0.4) is 0 Å². The van der Waals surface area contributed by atoms with Crippen LogP contribution in [0.5, 0.6) is 0 Å². The summed E-state index contributed by atoms with van der Waals surface area (Å²) in [6.07, 6.45) is 3.15. The van der Waals surface area contributed by atoms with Crippen molar-refractivity contribution >= 4 is 28.1 Å². The van der Waals surface area contributed by atoms with Crippen molar-refractivity contribution in [3.8, 4) is 10.7 Å². The molecule has 0 amide bonds. The Labute approximate surface area is 161 Å². The van der Waals surface area contributed by atoms with Gasteiger partial charge in [0.05, 0.1) is 6.10 Å². The summed E-state index contributed by atoms with van der Waals surface area (Å²) in [7, 11) is 0. The number of benzene rings is 1. The third kappa shape index (κ3) is 3.72. The summed E-state index contributed by atoms with van der Waals surface area (Å²) in [6.45, 7) is 1.73. The molecule has 26 heavy (non-hydrogen) atoms. The van der Waals surface area contributed by atoms with Gasteiger partial charge in [-0.1, -0.05) is 41.1 Å². The molecule has 1 saturated heterocycles. The first-order chi connectivity index (χ1) is 12.7. The predicted molar refractivity (Wildman–Crippen MR) is 104 cm³/mol. The minimum Gasteiger partial charge on any atom is -0.388 e. The Morgan fingerprint density at radius 2 is 1.85 bits per heavy atom. The van der Waals surface area contributed by atoms with E-state index in [9.17, 15) is 5.11 Å². The van der Waals surface area contributed by atoms with Crippen molar-refractivity contribution < 1.29 is 5.11 Å². The van der Waals surface area contributed by atoms with Gasteiger partial charge in [0.1, 0.15) is 5.69 Å². The Hall–Kier alpha value is -2.02. The van der Waals surface area contributed by atoms with E-state index in [2.05, 4.69) is 20.1 Å². The van der Waals surface area contributed by atoms with E-state index >= 15 is 0 Å². The SMILES string of the molecule is OC(c1ccc(Cl)cc1)C1CCN(c2nnc(-c3ccccn3)s2)CC1. The Balaban J connectivity index is 1.39. The zero-order valence-electron chi connectivity index (χ0n) is 14.1. The van der Waals surface area contributed by atoms with Crippen LogP contribution in [-0.2, 0) is 0 Å². The first-order valence-corrected chi connectivity index (χ1v) is 9.83. The second-order valence-electron chi connectivity index (χ2n) is 6.43. The van der Waals surface area contributed by atoms with Crippen LogP contribution in [0.15, 0.2) is 48.7 Å². The third-order valence-electron chi connectivity index (χ3n) is 4.77. The van der Waals surface area contributed by atoms with Gasteiger partial charge in [-0.25, -0.2) is 0 Å². The lowest BCUT2D eigenvalue weighted by Gasteiger charge is -2.34. The molecule has 2 aromatic heterocycles. The predicted octanol–water partition coefficient (Wildman–Crippen LogP) is 4.20. The Kier molecular flexibility index (Phi) is 5.15. The smallest absolute Gasteiger partial charge is 0.208 e. The molecule has 4 rings (SSSR count). The molecular weight excluding hydrogens is 368 g/mol. The molecule has 1 aliphatic rings. The summed E-state index contributed by atoms with van der Waals surface area (Å²) in [5.74, 6) is 0.246. The molecule has 0 radical (unpaired) electrons. The number of halogens is 1. The molecule has 1 aliphatic heterocycles. The minimum absolute atomic E-state index is 0.246. The number of aliphatic hydroxyl groups excluding tert-OH is 1. The van der Waals surface area contributed by atoms with Crippen LogP contribution in [0.25, 0.3) is 10.7 Å². The molecular formula is C19H19ClN4OS. The highest BCUT2D eigenvalue weighted by Gasteiger charge is 2.27. The average Bonchev–Trinajstić information content (AvgIpc) is 3.19. The second kappa shape index (κ2) is 7.70. The zero-order valence-corrected chi connectivity index (χ0v) is 15.7. The quantitative estimate of drug-likeness (QED) is 0.727. The van der Waals surface area contributed by atoms with E-state index in [4.69, 9.17) is 11.6 Å². The number of anilines is 1. The molecule has 1 atom stereocenters. The molecule has 0 aliphatic carbocycles. The molecule has 3 heterocycles. The van der Waals surface area contributed by atoms with Crippen molar-refractivity contribution in [2.75, 3.05) is 18.0 Å². The summed E-state index contributed by atoms with van der Waals surface area (Å²) < 4.78 is 0. The highest BCUT2D eigenvalue weighted by molar-refractivity contribution is 7.18. The highest BCUT2D eigenvalue weighted by Crippen LogP contribution is 2.34. The summed E-state index contributed by atoms with van der Waals surface area (Å²) in [6, 6.07) is 13.3. The van der Waals surface area contributed by atoms with Crippen molar-refractivity contribution in [2.24, 2.45) is 5.92 Å². The van der Waals surface area contributed by atoms with Gasteiger partial charge in [0.2, 0.25) is 5.13 Å². The molecule has 1 N–H and O–H groups in total. The van der Waals surface area contributed by atoms with Crippen LogP contribution in [0.1, 0.15) is 24.5 Å². The first kappa shape index (κ1) is 17.4. The topological polar surface area (TPSA) is 62.1 Å². The molecule has 0 spiro atoms. The maximum absolute atomic E-state index is 10.7.